The fraction of sp³-hybridized carbons (Fsp3) is 0.167. The van der Waals surface area contributed by atoms with Crippen LogP contribution in [0.3, 0.4) is 0 Å². The summed E-state index contributed by atoms with van der Waals surface area (Å²) in [7, 11) is 0. The Hall–Kier alpha value is -1.81. The number of halogens is 1. The summed E-state index contributed by atoms with van der Waals surface area (Å²) in [5, 5.41) is 3.09. The zero-order valence-electron chi connectivity index (χ0n) is 8.73. The van der Waals surface area contributed by atoms with Gasteiger partial charge in [0.1, 0.15) is 5.82 Å². The summed E-state index contributed by atoms with van der Waals surface area (Å²) < 4.78 is 13.2. The summed E-state index contributed by atoms with van der Waals surface area (Å²) >= 11 is 0. The van der Waals surface area contributed by atoms with Gasteiger partial charge in [-0.2, -0.15) is 0 Å². The van der Waals surface area contributed by atoms with E-state index in [-0.39, 0.29) is 5.82 Å². The molecule has 2 aromatic heterocycles. The molecule has 0 unspecified atom stereocenters. The molecule has 0 bridgehead atoms. The molecule has 0 spiro atoms. The van der Waals surface area contributed by atoms with E-state index in [1.165, 1.54) is 6.07 Å². The Morgan fingerprint density at radius 3 is 2.62 bits per heavy atom. The van der Waals surface area contributed by atoms with Crippen molar-refractivity contribution >= 4 is 0 Å². The van der Waals surface area contributed by atoms with E-state index in [1.807, 2.05) is 18.2 Å². The molecule has 0 aliphatic carbocycles. The van der Waals surface area contributed by atoms with Crippen LogP contribution in [0, 0.1) is 5.82 Å². The Kier molecular flexibility index (Phi) is 3.56. The molecule has 0 aliphatic heterocycles. The topological polar surface area (TPSA) is 37.8 Å². The fourth-order valence-electron chi connectivity index (χ4n) is 1.36. The maximum Gasteiger partial charge on any atom is 0.146 e. The largest absolute Gasteiger partial charge is 0.305 e. The van der Waals surface area contributed by atoms with Gasteiger partial charge in [0.2, 0.25) is 0 Å². The zero-order valence-corrected chi connectivity index (χ0v) is 8.73. The molecule has 0 amide bonds. The summed E-state index contributed by atoms with van der Waals surface area (Å²) in [5.74, 6) is -0.281. The number of nitrogens with one attached hydrogen (secondary N) is 1. The summed E-state index contributed by atoms with van der Waals surface area (Å²) in [4.78, 5) is 8.11. The lowest BCUT2D eigenvalue weighted by molar-refractivity contribution is 0.572. The van der Waals surface area contributed by atoms with Crippen LogP contribution in [0.1, 0.15) is 11.4 Å². The van der Waals surface area contributed by atoms with E-state index in [9.17, 15) is 4.39 Å². The minimum Gasteiger partial charge on any atom is -0.305 e. The average molecular weight is 217 g/mol. The number of hydrogen-bond donors (Lipinski definition) is 1. The van der Waals surface area contributed by atoms with Crippen molar-refractivity contribution in [1.82, 2.24) is 15.3 Å². The van der Waals surface area contributed by atoms with Crippen molar-refractivity contribution in [1.29, 1.82) is 0 Å². The number of pyridine rings is 2. The predicted octanol–water partition coefficient (Wildman–Crippen LogP) is 1.91. The van der Waals surface area contributed by atoms with Crippen LogP contribution in [0.4, 0.5) is 4.39 Å². The van der Waals surface area contributed by atoms with Gasteiger partial charge >= 0.3 is 0 Å². The monoisotopic (exact) mass is 217 g/mol. The van der Waals surface area contributed by atoms with E-state index in [0.29, 0.717) is 18.8 Å². The van der Waals surface area contributed by atoms with Crippen molar-refractivity contribution in [2.45, 2.75) is 13.1 Å². The van der Waals surface area contributed by atoms with E-state index >= 15 is 0 Å². The van der Waals surface area contributed by atoms with E-state index in [1.54, 1.807) is 18.5 Å². The molecule has 0 radical (unpaired) electrons. The molecule has 0 fully saturated rings. The van der Waals surface area contributed by atoms with Crippen molar-refractivity contribution in [3.8, 4) is 0 Å². The smallest absolute Gasteiger partial charge is 0.146 e. The molecule has 16 heavy (non-hydrogen) atoms. The average Bonchev–Trinajstić information content (AvgIpc) is 2.33. The van der Waals surface area contributed by atoms with Crippen LogP contribution in [0.5, 0.6) is 0 Å². The number of rotatable bonds is 4. The SMILES string of the molecule is Fc1cccnc1CNCc1ccccn1. The Morgan fingerprint density at radius 2 is 1.88 bits per heavy atom. The Morgan fingerprint density at radius 1 is 1.00 bits per heavy atom. The molecule has 2 aromatic rings. The predicted molar refractivity (Wildman–Crippen MR) is 59.0 cm³/mol. The molecule has 0 saturated carbocycles. The van der Waals surface area contributed by atoms with Gasteiger partial charge in [-0.1, -0.05) is 6.07 Å². The molecule has 4 heteroatoms. The van der Waals surface area contributed by atoms with Gasteiger partial charge in [-0.25, -0.2) is 4.39 Å². The quantitative estimate of drug-likeness (QED) is 0.850. The molecule has 1 N–H and O–H groups in total. The molecule has 0 atom stereocenters. The summed E-state index contributed by atoms with van der Waals surface area (Å²) in [5.41, 5.74) is 1.36. The van der Waals surface area contributed by atoms with Gasteiger partial charge in [0.25, 0.3) is 0 Å². The van der Waals surface area contributed by atoms with Crippen molar-refractivity contribution in [2.75, 3.05) is 0 Å². The Labute approximate surface area is 93.4 Å². The first-order chi connectivity index (χ1) is 7.86. The molecular formula is C12H12FN3. The highest BCUT2D eigenvalue weighted by Crippen LogP contribution is 2.02. The molecular weight excluding hydrogens is 205 g/mol. The Bertz CT molecular complexity index is 445. The summed E-state index contributed by atoms with van der Waals surface area (Å²) in [6, 6.07) is 8.69. The van der Waals surface area contributed by atoms with Crippen LogP contribution < -0.4 is 5.32 Å². The van der Waals surface area contributed by atoms with Gasteiger partial charge in [-0.05, 0) is 24.3 Å². The van der Waals surface area contributed by atoms with Crippen molar-refractivity contribution < 1.29 is 4.39 Å². The standard InChI is InChI=1S/C12H12FN3/c13-11-5-3-7-16-12(11)9-14-8-10-4-1-2-6-15-10/h1-7,14H,8-9H2. The van der Waals surface area contributed by atoms with Crippen molar-refractivity contribution in [3.05, 3.63) is 59.9 Å². The summed E-state index contributed by atoms with van der Waals surface area (Å²) in [6.45, 7) is 1.01. The highest BCUT2D eigenvalue weighted by atomic mass is 19.1. The molecule has 2 heterocycles. The molecule has 2 rings (SSSR count). The first-order valence-electron chi connectivity index (χ1n) is 5.06. The number of nitrogens with zero attached hydrogens (tertiary/aromatic N) is 2. The van der Waals surface area contributed by atoms with Gasteiger partial charge in [-0.15, -0.1) is 0 Å². The second kappa shape index (κ2) is 5.32. The van der Waals surface area contributed by atoms with Crippen molar-refractivity contribution in [2.24, 2.45) is 0 Å². The maximum atomic E-state index is 13.2. The van der Waals surface area contributed by atoms with E-state index in [4.69, 9.17) is 0 Å². The van der Waals surface area contributed by atoms with Crippen LogP contribution in [0.25, 0.3) is 0 Å². The lowest BCUT2D eigenvalue weighted by atomic mass is 10.3. The van der Waals surface area contributed by atoms with Gasteiger partial charge in [0.15, 0.2) is 0 Å². The minimum atomic E-state index is -0.281. The fourth-order valence-corrected chi connectivity index (χ4v) is 1.36. The van der Waals surface area contributed by atoms with Gasteiger partial charge < -0.3 is 5.32 Å². The van der Waals surface area contributed by atoms with E-state index in [2.05, 4.69) is 15.3 Å². The minimum absolute atomic E-state index is 0.281. The first-order valence-corrected chi connectivity index (χ1v) is 5.06. The molecule has 82 valence electrons. The van der Waals surface area contributed by atoms with E-state index in [0.717, 1.165) is 5.69 Å². The lowest BCUT2D eigenvalue weighted by Gasteiger charge is -2.04. The van der Waals surface area contributed by atoms with Gasteiger partial charge in [0.05, 0.1) is 11.4 Å². The zero-order chi connectivity index (χ0) is 11.2. The van der Waals surface area contributed by atoms with Gasteiger partial charge in [-0.3, -0.25) is 9.97 Å². The third-order valence-electron chi connectivity index (χ3n) is 2.16. The van der Waals surface area contributed by atoms with Crippen molar-refractivity contribution in [3.63, 3.8) is 0 Å². The van der Waals surface area contributed by atoms with E-state index < -0.39 is 0 Å². The van der Waals surface area contributed by atoms with Crippen LogP contribution in [0.2, 0.25) is 0 Å². The molecule has 3 nitrogen and oxygen atoms in total. The lowest BCUT2D eigenvalue weighted by Crippen LogP contribution is -2.15. The second-order valence-corrected chi connectivity index (χ2v) is 3.36. The molecule has 0 aliphatic rings. The third kappa shape index (κ3) is 2.84. The molecule has 0 saturated heterocycles. The Balaban J connectivity index is 1.87. The number of aromatic nitrogens is 2. The van der Waals surface area contributed by atoms with Crippen LogP contribution in [-0.2, 0) is 13.1 Å². The maximum absolute atomic E-state index is 13.2. The normalized spacial score (nSPS) is 10.3. The summed E-state index contributed by atoms with van der Waals surface area (Å²) in [6.07, 6.45) is 3.32. The third-order valence-corrected chi connectivity index (χ3v) is 2.16. The first kappa shape index (κ1) is 10.7. The van der Waals surface area contributed by atoms with Gasteiger partial charge in [0, 0.05) is 25.5 Å². The molecule has 0 aromatic carbocycles. The highest BCUT2D eigenvalue weighted by molar-refractivity contribution is 5.07. The second-order valence-electron chi connectivity index (χ2n) is 3.36. The highest BCUT2D eigenvalue weighted by Gasteiger charge is 2.01. The van der Waals surface area contributed by atoms with Crippen LogP contribution in [-0.4, -0.2) is 9.97 Å². The van der Waals surface area contributed by atoms with Crippen LogP contribution in [0.15, 0.2) is 42.7 Å². The van der Waals surface area contributed by atoms with Crippen LogP contribution >= 0.6 is 0 Å². The number of hydrogen-bond acceptors (Lipinski definition) is 3.